The van der Waals surface area contributed by atoms with Gasteiger partial charge in [0.05, 0.1) is 26.1 Å². The molecule has 2 heterocycles. The summed E-state index contributed by atoms with van der Waals surface area (Å²) >= 11 is 14.4. The van der Waals surface area contributed by atoms with Gasteiger partial charge in [0.15, 0.2) is 9.75 Å². The number of phenols is 1. The highest BCUT2D eigenvalue weighted by atomic mass is 35.5. The number of likely N-dealkylation sites (tertiary alicyclic amines) is 2. The van der Waals surface area contributed by atoms with Crippen molar-refractivity contribution < 1.29 is 33.8 Å². The highest BCUT2D eigenvalue weighted by molar-refractivity contribution is 6.53. The van der Waals surface area contributed by atoms with Gasteiger partial charge < -0.3 is 14.6 Å². The Bertz CT molecular complexity index is 1300. The van der Waals surface area contributed by atoms with Gasteiger partial charge in [0, 0.05) is 36.2 Å². The minimum Gasteiger partial charge on any atom is -0.508 e. The van der Waals surface area contributed by atoms with E-state index in [2.05, 4.69) is 0 Å². The number of rotatable bonds is 3. The van der Waals surface area contributed by atoms with Crippen LogP contribution in [0.2, 0.25) is 0 Å². The predicted octanol–water partition coefficient (Wildman–Crippen LogP) is 3.20. The summed E-state index contributed by atoms with van der Waals surface area (Å²) in [5.74, 6) is -4.86. The van der Waals surface area contributed by atoms with Gasteiger partial charge in [-0.15, -0.1) is 23.2 Å². The van der Waals surface area contributed by atoms with Gasteiger partial charge in [-0.3, -0.25) is 29.0 Å². The minimum absolute atomic E-state index is 0.101. The maximum atomic E-state index is 13.8. The van der Waals surface area contributed by atoms with E-state index in [4.69, 9.17) is 32.7 Å². The average molecular weight is 565 g/mol. The summed E-state index contributed by atoms with van der Waals surface area (Å²) in [6, 6.07) is 2.72. The van der Waals surface area contributed by atoms with Crippen LogP contribution in [0.1, 0.15) is 45.1 Å². The number of aromatic hydroxyl groups is 1. The molecule has 0 spiro atoms. The Balaban J connectivity index is 1.79. The van der Waals surface area contributed by atoms with Gasteiger partial charge in [0.1, 0.15) is 17.2 Å². The van der Waals surface area contributed by atoms with Crippen molar-refractivity contribution in [2.24, 2.45) is 17.8 Å². The van der Waals surface area contributed by atoms with Crippen LogP contribution in [0.25, 0.3) is 0 Å². The number of allylic oxidation sites excluding steroid dienone is 2. The number of nitrogens with zero attached hydrogens (tertiary/aromatic N) is 2. The highest BCUT2D eigenvalue weighted by Gasteiger charge is 2.76. The van der Waals surface area contributed by atoms with Crippen LogP contribution in [0.15, 0.2) is 23.8 Å². The first kappa shape index (κ1) is 26.8. The van der Waals surface area contributed by atoms with Gasteiger partial charge in [-0.25, -0.2) is 0 Å². The van der Waals surface area contributed by atoms with E-state index in [9.17, 15) is 24.3 Å². The summed E-state index contributed by atoms with van der Waals surface area (Å²) in [5.41, 5.74) is 0.202. The van der Waals surface area contributed by atoms with E-state index in [1.165, 1.54) is 38.3 Å². The first-order chi connectivity index (χ1) is 17.6. The van der Waals surface area contributed by atoms with E-state index in [0.29, 0.717) is 11.1 Å². The van der Waals surface area contributed by atoms with E-state index >= 15 is 0 Å². The number of carbonyl (C=O) groups is 4. The van der Waals surface area contributed by atoms with Crippen molar-refractivity contribution >= 4 is 46.8 Å². The Hall–Kier alpha value is -2.78. The summed E-state index contributed by atoms with van der Waals surface area (Å²) in [5, 5.41) is 10.3. The number of imide groups is 2. The van der Waals surface area contributed by atoms with Crippen LogP contribution in [0.5, 0.6) is 17.2 Å². The Kier molecular flexibility index (Phi) is 5.90. The Morgan fingerprint density at radius 3 is 2.08 bits per heavy atom. The molecule has 6 unspecified atom stereocenters. The molecule has 9 nitrogen and oxygen atoms in total. The fraction of sp³-hybridized carbons (Fsp3) is 0.556. The van der Waals surface area contributed by atoms with Crippen LogP contribution >= 0.6 is 23.2 Å². The molecule has 6 atom stereocenters. The molecule has 3 fully saturated rings. The minimum atomic E-state index is -1.98. The molecule has 2 aliphatic carbocycles. The molecule has 0 bridgehead atoms. The van der Waals surface area contributed by atoms with Gasteiger partial charge in [0.25, 0.3) is 11.8 Å². The van der Waals surface area contributed by atoms with Gasteiger partial charge in [-0.2, -0.15) is 0 Å². The number of fused-ring (bicyclic) bond motifs is 4. The van der Waals surface area contributed by atoms with Crippen LogP contribution in [0.4, 0.5) is 0 Å². The van der Waals surface area contributed by atoms with Crippen molar-refractivity contribution in [1.29, 1.82) is 0 Å². The number of hydrogen-bond acceptors (Lipinski definition) is 7. The third-order valence-corrected chi connectivity index (χ3v) is 9.92. The lowest BCUT2D eigenvalue weighted by molar-refractivity contribution is -0.146. The molecule has 11 heteroatoms. The number of benzene rings is 1. The molecule has 0 aromatic heterocycles. The van der Waals surface area contributed by atoms with Crippen molar-refractivity contribution in [3.63, 3.8) is 0 Å². The zero-order valence-electron chi connectivity index (χ0n) is 22.0. The molecular weight excluding hydrogens is 535 g/mol. The molecule has 38 heavy (non-hydrogen) atoms. The van der Waals surface area contributed by atoms with Gasteiger partial charge >= 0.3 is 0 Å². The summed E-state index contributed by atoms with van der Waals surface area (Å²) in [7, 11) is 4.12. The molecule has 4 amide bonds. The third kappa shape index (κ3) is 3.18. The lowest BCUT2D eigenvalue weighted by atomic mass is 9.56. The number of methoxy groups -OCH3 is 2. The Morgan fingerprint density at radius 2 is 1.55 bits per heavy atom. The number of carbonyl (C=O) groups excluding carboxylic acids is 4. The summed E-state index contributed by atoms with van der Waals surface area (Å²) < 4.78 is 11.2. The highest BCUT2D eigenvalue weighted by Crippen LogP contribution is 2.67. The van der Waals surface area contributed by atoms with E-state index in [-0.39, 0.29) is 41.9 Å². The molecule has 2 saturated heterocycles. The molecule has 1 aromatic rings. The normalized spacial score (nSPS) is 34.7. The molecule has 1 saturated carbocycles. The Morgan fingerprint density at radius 1 is 0.974 bits per heavy atom. The second kappa shape index (κ2) is 8.36. The van der Waals surface area contributed by atoms with Crippen LogP contribution in [0.3, 0.4) is 0 Å². The Labute approximate surface area is 230 Å². The van der Waals surface area contributed by atoms with Crippen molar-refractivity contribution in [2.45, 2.75) is 54.8 Å². The molecule has 1 N–H and O–H groups in total. The molecule has 1 aromatic carbocycles. The fourth-order valence-corrected chi connectivity index (χ4v) is 7.93. The zero-order chi connectivity index (χ0) is 28.1. The molecule has 204 valence electrons. The third-order valence-electron chi connectivity index (χ3n) is 8.50. The van der Waals surface area contributed by atoms with E-state index in [1.807, 2.05) is 6.08 Å². The zero-order valence-corrected chi connectivity index (χ0v) is 23.5. The van der Waals surface area contributed by atoms with Crippen LogP contribution in [-0.4, -0.2) is 75.1 Å². The quantitative estimate of drug-likeness (QED) is 0.340. The first-order valence-corrected chi connectivity index (χ1v) is 13.1. The number of halogens is 2. The lowest BCUT2D eigenvalue weighted by Crippen LogP contribution is -2.60. The smallest absolute Gasteiger partial charge is 0.253 e. The van der Waals surface area contributed by atoms with Crippen molar-refractivity contribution in [1.82, 2.24) is 9.80 Å². The molecule has 2 aliphatic heterocycles. The molecule has 4 aliphatic rings. The summed E-state index contributed by atoms with van der Waals surface area (Å²) in [6.07, 6.45) is 2.00. The maximum Gasteiger partial charge on any atom is 0.253 e. The van der Waals surface area contributed by atoms with Crippen molar-refractivity contribution in [2.75, 3.05) is 21.3 Å². The second-order valence-corrected chi connectivity index (χ2v) is 12.7. The van der Waals surface area contributed by atoms with Gasteiger partial charge in [-0.1, -0.05) is 11.6 Å². The number of phenolic OH excluding ortho intramolecular Hbond substituents is 1. The maximum absolute atomic E-state index is 13.8. The largest absolute Gasteiger partial charge is 0.508 e. The first-order valence-electron chi connectivity index (χ1n) is 12.4. The predicted molar refractivity (Wildman–Crippen MR) is 138 cm³/mol. The monoisotopic (exact) mass is 564 g/mol. The van der Waals surface area contributed by atoms with E-state index in [0.717, 1.165) is 4.90 Å². The summed E-state index contributed by atoms with van der Waals surface area (Å²) in [4.78, 5) is 52.9. The molecule has 0 radical (unpaired) electrons. The van der Waals surface area contributed by atoms with E-state index in [1.54, 1.807) is 20.8 Å². The van der Waals surface area contributed by atoms with Crippen LogP contribution in [-0.2, 0) is 19.2 Å². The standard InChI is InChI=1S/C27H30Cl2N2O7/c1-25(2,3)31-21(33)14-8-7-13-15(18(14)22(31)34)11-26(28)23(35)30(4)24(36)27(26,29)20(13)19-16(37-5)9-12(32)10-17(19)38-6/h7,9-10,14-15,18,20,32H,8,11H2,1-6H3. The van der Waals surface area contributed by atoms with Crippen molar-refractivity contribution in [3.05, 3.63) is 29.3 Å². The topological polar surface area (TPSA) is 113 Å². The number of amides is 4. The van der Waals surface area contributed by atoms with Gasteiger partial charge in [0.2, 0.25) is 11.8 Å². The molecule has 5 rings (SSSR count). The average Bonchev–Trinajstić information content (AvgIpc) is 3.19. The van der Waals surface area contributed by atoms with Crippen LogP contribution < -0.4 is 9.47 Å². The molecular formula is C27H30Cl2N2O7. The van der Waals surface area contributed by atoms with Gasteiger partial charge in [-0.05, 0) is 39.5 Å². The van der Waals surface area contributed by atoms with E-state index < -0.39 is 50.8 Å². The number of hydrogen-bond donors (Lipinski definition) is 1. The van der Waals surface area contributed by atoms with Crippen LogP contribution in [0, 0.1) is 17.8 Å². The fourth-order valence-electron chi connectivity index (χ4n) is 6.93. The number of alkyl halides is 2. The second-order valence-electron chi connectivity index (χ2n) is 11.4. The summed E-state index contributed by atoms with van der Waals surface area (Å²) in [6.45, 7) is 5.39. The lowest BCUT2D eigenvalue weighted by Gasteiger charge is -2.51. The van der Waals surface area contributed by atoms with Crippen molar-refractivity contribution in [3.8, 4) is 17.2 Å². The number of ether oxygens (including phenoxy) is 2. The SMILES string of the molecule is COc1cc(O)cc(OC)c1C1C2=CCC3C(=O)N(C(C)(C)C)C(=O)C3C2CC2(Cl)C(=O)N(C)C(=O)C12Cl.